The van der Waals surface area contributed by atoms with E-state index in [9.17, 15) is 4.79 Å². The van der Waals surface area contributed by atoms with Crippen molar-refractivity contribution >= 4 is 17.5 Å². The lowest BCUT2D eigenvalue weighted by Crippen LogP contribution is -2.47. The maximum Gasteiger partial charge on any atom is 0.270 e. The van der Waals surface area contributed by atoms with Crippen LogP contribution < -0.4 is 15.1 Å². The van der Waals surface area contributed by atoms with Crippen molar-refractivity contribution in [2.75, 3.05) is 42.5 Å². The zero-order valence-corrected chi connectivity index (χ0v) is 13.4. The van der Waals surface area contributed by atoms with Crippen LogP contribution in [0.2, 0.25) is 0 Å². The molecule has 0 bridgehead atoms. The molecule has 3 heterocycles. The van der Waals surface area contributed by atoms with E-state index in [0.717, 1.165) is 37.8 Å². The normalized spacial score (nSPS) is 14.3. The predicted octanol–water partition coefficient (Wildman–Crippen LogP) is 1.11. The number of hydrogen-bond donors (Lipinski definition) is 1. The second kappa shape index (κ2) is 7.54. The van der Waals surface area contributed by atoms with Crippen LogP contribution >= 0.6 is 0 Å². The van der Waals surface area contributed by atoms with Gasteiger partial charge in [-0.2, -0.15) is 0 Å². The van der Waals surface area contributed by atoms with E-state index < -0.39 is 0 Å². The molecule has 0 radical (unpaired) electrons. The van der Waals surface area contributed by atoms with E-state index >= 15 is 0 Å². The Bertz CT molecular complexity index is 680. The largest absolute Gasteiger partial charge is 0.367 e. The first-order valence-corrected chi connectivity index (χ1v) is 7.90. The number of carbonyl (C=O) groups is 1. The molecule has 1 saturated heterocycles. The number of rotatable bonds is 5. The van der Waals surface area contributed by atoms with Gasteiger partial charge in [0.2, 0.25) is 5.95 Å². The lowest BCUT2D eigenvalue weighted by Gasteiger charge is -2.35. The van der Waals surface area contributed by atoms with Crippen molar-refractivity contribution in [1.82, 2.24) is 20.3 Å². The molecule has 24 heavy (non-hydrogen) atoms. The second-order valence-electron chi connectivity index (χ2n) is 5.42. The number of hydrogen-bond acceptors (Lipinski definition) is 6. The van der Waals surface area contributed by atoms with E-state index in [-0.39, 0.29) is 5.91 Å². The molecule has 7 nitrogen and oxygen atoms in total. The second-order valence-corrected chi connectivity index (χ2v) is 5.42. The first-order chi connectivity index (χ1) is 11.8. The minimum Gasteiger partial charge on any atom is -0.367 e. The molecule has 1 amide bonds. The number of aromatic nitrogens is 3. The Kier molecular flexibility index (Phi) is 5.00. The van der Waals surface area contributed by atoms with Crippen LogP contribution in [-0.2, 0) is 0 Å². The van der Waals surface area contributed by atoms with Crippen molar-refractivity contribution in [3.63, 3.8) is 0 Å². The standard InChI is InChI=1S/C17H20N6O/c1-2-6-18-16(24)15-5-4-14(13-21-15)22-9-11-23(12-10-22)17-19-7-3-8-20-17/h2-5,7-8,13H,1,6,9-12H2,(H,18,24). The summed E-state index contributed by atoms with van der Waals surface area (Å²) in [6.45, 7) is 7.44. The molecule has 1 aliphatic rings. The third-order valence-corrected chi connectivity index (χ3v) is 3.87. The van der Waals surface area contributed by atoms with Gasteiger partial charge in [0.1, 0.15) is 5.69 Å². The summed E-state index contributed by atoms with van der Waals surface area (Å²) in [5.41, 5.74) is 1.43. The van der Waals surface area contributed by atoms with Gasteiger partial charge in [0.25, 0.3) is 5.91 Å². The summed E-state index contributed by atoms with van der Waals surface area (Å²) in [6.07, 6.45) is 6.91. The van der Waals surface area contributed by atoms with Gasteiger partial charge in [0.15, 0.2) is 0 Å². The highest BCUT2D eigenvalue weighted by atomic mass is 16.1. The summed E-state index contributed by atoms with van der Waals surface area (Å²) in [6, 6.07) is 5.50. The van der Waals surface area contributed by atoms with Gasteiger partial charge in [-0.3, -0.25) is 4.79 Å². The molecule has 0 aliphatic carbocycles. The SMILES string of the molecule is C=CCNC(=O)c1ccc(N2CCN(c3ncccn3)CC2)cn1. The van der Waals surface area contributed by atoms with Crippen LogP contribution in [0.25, 0.3) is 0 Å². The average molecular weight is 324 g/mol. The molecule has 0 saturated carbocycles. The number of carbonyl (C=O) groups excluding carboxylic acids is 1. The van der Waals surface area contributed by atoms with Crippen LogP contribution in [0.1, 0.15) is 10.5 Å². The molecule has 0 unspecified atom stereocenters. The number of pyridine rings is 1. The van der Waals surface area contributed by atoms with Gasteiger partial charge in [0, 0.05) is 45.1 Å². The van der Waals surface area contributed by atoms with Crippen LogP contribution in [0.15, 0.2) is 49.4 Å². The third kappa shape index (κ3) is 3.68. The Morgan fingerprint density at radius 2 is 1.83 bits per heavy atom. The molecule has 2 aromatic rings. The number of nitrogens with zero attached hydrogens (tertiary/aromatic N) is 5. The van der Waals surface area contributed by atoms with Crippen LogP contribution in [0, 0.1) is 0 Å². The van der Waals surface area contributed by atoms with E-state index in [2.05, 4.69) is 36.6 Å². The first-order valence-electron chi connectivity index (χ1n) is 7.90. The van der Waals surface area contributed by atoms with E-state index in [4.69, 9.17) is 0 Å². The van der Waals surface area contributed by atoms with Crippen molar-refractivity contribution < 1.29 is 4.79 Å². The van der Waals surface area contributed by atoms with E-state index in [0.29, 0.717) is 12.2 Å². The molecular formula is C17H20N6O. The number of amides is 1. The predicted molar refractivity (Wildman–Crippen MR) is 93.2 cm³/mol. The number of anilines is 2. The molecule has 1 N–H and O–H groups in total. The quantitative estimate of drug-likeness (QED) is 0.831. The molecule has 1 aliphatic heterocycles. The van der Waals surface area contributed by atoms with Crippen LogP contribution in [0.4, 0.5) is 11.6 Å². The molecule has 1 fully saturated rings. The fraction of sp³-hybridized carbons (Fsp3) is 0.294. The zero-order valence-electron chi connectivity index (χ0n) is 13.4. The summed E-state index contributed by atoms with van der Waals surface area (Å²) >= 11 is 0. The van der Waals surface area contributed by atoms with Gasteiger partial charge in [0.05, 0.1) is 11.9 Å². The molecule has 7 heteroatoms. The monoisotopic (exact) mass is 324 g/mol. The Balaban J connectivity index is 1.58. The molecule has 2 aromatic heterocycles. The van der Waals surface area contributed by atoms with Gasteiger partial charge in [-0.1, -0.05) is 6.08 Å². The Labute approximate surface area is 141 Å². The van der Waals surface area contributed by atoms with E-state index in [1.54, 1.807) is 30.7 Å². The van der Waals surface area contributed by atoms with Gasteiger partial charge >= 0.3 is 0 Å². The fourth-order valence-electron chi connectivity index (χ4n) is 2.58. The lowest BCUT2D eigenvalue weighted by molar-refractivity contribution is 0.0953. The maximum atomic E-state index is 11.8. The summed E-state index contributed by atoms with van der Waals surface area (Å²) < 4.78 is 0. The highest BCUT2D eigenvalue weighted by molar-refractivity contribution is 5.92. The summed E-state index contributed by atoms with van der Waals surface area (Å²) in [5, 5.41) is 2.72. The minimum absolute atomic E-state index is 0.188. The highest BCUT2D eigenvalue weighted by Gasteiger charge is 2.19. The van der Waals surface area contributed by atoms with Crippen LogP contribution in [0.3, 0.4) is 0 Å². The van der Waals surface area contributed by atoms with Crippen LogP contribution in [-0.4, -0.2) is 53.6 Å². The van der Waals surface area contributed by atoms with Crippen molar-refractivity contribution in [2.24, 2.45) is 0 Å². The fourth-order valence-corrected chi connectivity index (χ4v) is 2.58. The van der Waals surface area contributed by atoms with Crippen molar-refractivity contribution in [3.05, 3.63) is 55.1 Å². The highest BCUT2D eigenvalue weighted by Crippen LogP contribution is 2.17. The molecule has 3 rings (SSSR count). The third-order valence-electron chi connectivity index (χ3n) is 3.87. The van der Waals surface area contributed by atoms with Gasteiger partial charge < -0.3 is 15.1 Å². The summed E-state index contributed by atoms with van der Waals surface area (Å²) in [7, 11) is 0. The van der Waals surface area contributed by atoms with Gasteiger partial charge in [-0.25, -0.2) is 15.0 Å². The van der Waals surface area contributed by atoms with Crippen LogP contribution in [0.5, 0.6) is 0 Å². The Hall–Kier alpha value is -2.96. The summed E-state index contributed by atoms with van der Waals surface area (Å²) in [5.74, 6) is 0.581. The molecule has 0 aromatic carbocycles. The van der Waals surface area contributed by atoms with E-state index in [1.165, 1.54) is 0 Å². The number of nitrogens with one attached hydrogen (secondary N) is 1. The lowest BCUT2D eigenvalue weighted by atomic mass is 10.2. The topological polar surface area (TPSA) is 74.2 Å². The Morgan fingerprint density at radius 3 is 2.46 bits per heavy atom. The maximum absolute atomic E-state index is 11.8. The van der Waals surface area contributed by atoms with Crippen molar-refractivity contribution in [3.8, 4) is 0 Å². The molecule has 0 atom stereocenters. The summed E-state index contributed by atoms with van der Waals surface area (Å²) in [4.78, 5) is 29.1. The average Bonchev–Trinajstić information content (AvgIpc) is 2.67. The van der Waals surface area contributed by atoms with Crippen molar-refractivity contribution in [2.45, 2.75) is 0 Å². The zero-order chi connectivity index (χ0) is 16.8. The van der Waals surface area contributed by atoms with Crippen molar-refractivity contribution in [1.29, 1.82) is 0 Å². The van der Waals surface area contributed by atoms with Gasteiger partial charge in [-0.05, 0) is 18.2 Å². The first kappa shape index (κ1) is 15.9. The minimum atomic E-state index is -0.188. The smallest absolute Gasteiger partial charge is 0.270 e. The molecule has 0 spiro atoms. The van der Waals surface area contributed by atoms with Gasteiger partial charge in [-0.15, -0.1) is 6.58 Å². The van der Waals surface area contributed by atoms with E-state index in [1.807, 2.05) is 12.1 Å². The molecule has 124 valence electrons. The Morgan fingerprint density at radius 1 is 1.12 bits per heavy atom. The number of piperazine rings is 1. The molecular weight excluding hydrogens is 304 g/mol.